The van der Waals surface area contributed by atoms with E-state index in [1.165, 1.54) is 11.1 Å². The molecule has 5 nitrogen and oxygen atoms in total. The van der Waals surface area contributed by atoms with Crippen LogP contribution in [0.2, 0.25) is 0 Å². The molecule has 2 aromatic rings. The Morgan fingerprint density at radius 2 is 1.64 bits per heavy atom. The number of nitrogens with zero attached hydrogens (tertiary/aromatic N) is 1. The van der Waals surface area contributed by atoms with Crippen molar-refractivity contribution >= 4 is 20.6 Å². The average molecular weight is 381 g/mol. The van der Waals surface area contributed by atoms with Crippen LogP contribution in [0.15, 0.2) is 41.8 Å². The number of aromatic amines is 1. The van der Waals surface area contributed by atoms with E-state index in [9.17, 15) is 0 Å². The molecule has 0 saturated heterocycles. The van der Waals surface area contributed by atoms with Gasteiger partial charge >= 0.3 is 8.80 Å². The molecule has 0 spiro atoms. The molecule has 1 aromatic heterocycles. The highest BCUT2D eigenvalue weighted by molar-refractivity contribution is 7.98. The third kappa shape index (κ3) is 5.42. The van der Waals surface area contributed by atoms with E-state index < -0.39 is 8.80 Å². The summed E-state index contributed by atoms with van der Waals surface area (Å²) < 4.78 is 18.1. The Bertz CT molecular complexity index is 590. The molecular weight excluding hydrogens is 352 g/mol. The highest BCUT2D eigenvalue weighted by Crippen LogP contribution is 2.30. The van der Waals surface area contributed by atoms with E-state index in [-0.39, 0.29) is 5.54 Å². The largest absolute Gasteiger partial charge is 0.508 e. The lowest BCUT2D eigenvalue weighted by Crippen LogP contribution is -2.51. The van der Waals surface area contributed by atoms with Crippen LogP contribution in [-0.4, -0.2) is 38.6 Å². The van der Waals surface area contributed by atoms with Gasteiger partial charge in [0.1, 0.15) is 0 Å². The van der Waals surface area contributed by atoms with Crippen LogP contribution in [0.5, 0.6) is 0 Å². The van der Waals surface area contributed by atoms with Crippen LogP contribution in [0.4, 0.5) is 0 Å². The number of hydrogen-bond donors (Lipinski definition) is 1. The minimum absolute atomic E-state index is 0.0964. The molecule has 1 atom stereocenters. The molecule has 0 fully saturated rings. The number of imidazole rings is 1. The molecule has 2 rings (SSSR count). The summed E-state index contributed by atoms with van der Waals surface area (Å²) in [4.78, 5) is 7.34. The zero-order valence-electron chi connectivity index (χ0n) is 15.5. The van der Waals surface area contributed by atoms with Gasteiger partial charge in [0.25, 0.3) is 0 Å². The first-order valence-corrected chi connectivity index (χ1v) is 11.6. The molecule has 25 heavy (non-hydrogen) atoms. The summed E-state index contributed by atoms with van der Waals surface area (Å²) in [5.41, 5.74) is 2.54. The number of hydrogen-bond acceptors (Lipinski definition) is 5. The minimum atomic E-state index is -2.74. The molecule has 1 heterocycles. The Morgan fingerprint density at radius 3 is 2.12 bits per heavy atom. The van der Waals surface area contributed by atoms with Gasteiger partial charge in [-0.2, -0.15) is 0 Å². The zero-order valence-corrected chi connectivity index (χ0v) is 17.3. The fraction of sp³-hybridized carbons (Fsp3) is 0.500. The van der Waals surface area contributed by atoms with E-state index in [2.05, 4.69) is 41.2 Å². The van der Waals surface area contributed by atoms with Gasteiger partial charge in [0.15, 0.2) is 5.16 Å². The number of rotatable bonds is 11. The van der Waals surface area contributed by atoms with Crippen LogP contribution < -0.4 is 0 Å². The lowest BCUT2D eigenvalue weighted by Gasteiger charge is -2.33. The minimum Gasteiger partial charge on any atom is -0.373 e. The van der Waals surface area contributed by atoms with E-state index in [1.54, 1.807) is 18.0 Å². The van der Waals surface area contributed by atoms with Gasteiger partial charge in [-0.3, -0.25) is 0 Å². The van der Waals surface area contributed by atoms with Crippen molar-refractivity contribution in [3.8, 4) is 0 Å². The van der Waals surface area contributed by atoms with Gasteiger partial charge in [0, 0.05) is 38.0 Å². The van der Waals surface area contributed by atoms with Crippen LogP contribution in [0, 0.1) is 0 Å². The molecule has 138 valence electrons. The monoisotopic (exact) mass is 380 g/mol. The molecule has 0 radical (unpaired) electrons. The van der Waals surface area contributed by atoms with Crippen molar-refractivity contribution in [3.63, 3.8) is 0 Å². The van der Waals surface area contributed by atoms with Crippen molar-refractivity contribution in [1.82, 2.24) is 9.97 Å². The van der Waals surface area contributed by atoms with Crippen LogP contribution in [0.25, 0.3) is 0 Å². The molecule has 0 aliphatic carbocycles. The maximum atomic E-state index is 6.03. The highest BCUT2D eigenvalue weighted by Gasteiger charge is 2.47. The predicted octanol–water partition coefficient (Wildman–Crippen LogP) is 4.39. The Kier molecular flexibility index (Phi) is 8.18. The van der Waals surface area contributed by atoms with Gasteiger partial charge in [-0.25, -0.2) is 4.98 Å². The molecule has 1 N–H and O–H groups in total. The quantitative estimate of drug-likeness (QED) is 0.463. The third-order valence-corrected chi connectivity index (χ3v) is 8.34. The predicted molar refractivity (Wildman–Crippen MR) is 104 cm³/mol. The lowest BCUT2D eigenvalue weighted by atomic mass is 10.1. The molecule has 1 unspecified atom stereocenters. The standard InChI is InChI=1S/C18H28N2O3SSi/c1-5-21-25(22-6-2,23-7-3)15(4)17-10-8-16(9-11-17)14-24-18-19-12-13-20-18/h8-13,15H,5-7,14H2,1-4H3,(H,19,20). The number of H-pyrrole nitrogens is 1. The summed E-state index contributed by atoms with van der Waals surface area (Å²) in [6.45, 7) is 9.88. The first kappa shape index (κ1) is 20.2. The Hall–Kier alpha value is -1.12. The van der Waals surface area contributed by atoms with Crippen LogP contribution in [0.1, 0.15) is 44.4 Å². The molecule has 0 aliphatic rings. The second-order valence-electron chi connectivity index (χ2n) is 5.55. The van der Waals surface area contributed by atoms with Crippen molar-refractivity contribution in [2.45, 2.75) is 44.1 Å². The van der Waals surface area contributed by atoms with Gasteiger partial charge in [0.05, 0.1) is 5.54 Å². The summed E-state index contributed by atoms with van der Waals surface area (Å²) in [7, 11) is -2.74. The Labute approximate surface area is 155 Å². The Balaban J connectivity index is 2.09. The lowest BCUT2D eigenvalue weighted by molar-refractivity contribution is 0.0633. The van der Waals surface area contributed by atoms with Gasteiger partial charge < -0.3 is 18.3 Å². The molecule has 0 aliphatic heterocycles. The van der Waals surface area contributed by atoms with Crippen LogP contribution in [0.3, 0.4) is 0 Å². The Morgan fingerprint density at radius 1 is 1.04 bits per heavy atom. The fourth-order valence-electron chi connectivity index (χ4n) is 2.69. The smallest absolute Gasteiger partial charge is 0.373 e. The van der Waals surface area contributed by atoms with E-state index >= 15 is 0 Å². The second kappa shape index (κ2) is 10.1. The van der Waals surface area contributed by atoms with E-state index in [1.807, 2.05) is 27.0 Å². The maximum absolute atomic E-state index is 6.03. The molecule has 0 amide bonds. The van der Waals surface area contributed by atoms with E-state index in [4.69, 9.17) is 13.3 Å². The SMILES string of the molecule is CCO[Si](OCC)(OCC)C(C)c1ccc(CSc2ncc[nH]2)cc1. The molecule has 0 saturated carbocycles. The van der Waals surface area contributed by atoms with Gasteiger partial charge in [0.2, 0.25) is 0 Å². The van der Waals surface area contributed by atoms with Crippen LogP contribution >= 0.6 is 11.8 Å². The highest BCUT2D eigenvalue weighted by atomic mass is 32.2. The van der Waals surface area contributed by atoms with Crippen LogP contribution in [-0.2, 0) is 19.0 Å². The van der Waals surface area contributed by atoms with Gasteiger partial charge in [-0.1, -0.05) is 43.0 Å². The van der Waals surface area contributed by atoms with Crippen molar-refractivity contribution in [2.75, 3.05) is 19.8 Å². The topological polar surface area (TPSA) is 56.4 Å². The number of thioether (sulfide) groups is 1. The summed E-state index contributed by atoms with van der Waals surface area (Å²) in [5, 5.41) is 0.938. The normalized spacial score (nSPS) is 13.1. The summed E-state index contributed by atoms with van der Waals surface area (Å²) in [6.07, 6.45) is 3.61. The summed E-state index contributed by atoms with van der Waals surface area (Å²) >= 11 is 1.69. The molecule has 1 aromatic carbocycles. The molecular formula is C18H28N2O3SSi. The number of aromatic nitrogens is 2. The summed E-state index contributed by atoms with van der Waals surface area (Å²) in [6, 6.07) is 8.62. The second-order valence-corrected chi connectivity index (χ2v) is 9.45. The van der Waals surface area contributed by atoms with Gasteiger partial charge in [-0.15, -0.1) is 0 Å². The zero-order chi connectivity index (χ0) is 18.1. The van der Waals surface area contributed by atoms with Crippen molar-refractivity contribution in [3.05, 3.63) is 47.8 Å². The maximum Gasteiger partial charge on any atom is 0.508 e. The number of benzene rings is 1. The molecule has 0 bridgehead atoms. The first-order valence-electron chi connectivity index (χ1n) is 8.78. The van der Waals surface area contributed by atoms with E-state index in [0.29, 0.717) is 19.8 Å². The van der Waals surface area contributed by atoms with Crippen molar-refractivity contribution in [1.29, 1.82) is 0 Å². The summed E-state index contributed by atoms with van der Waals surface area (Å²) in [5.74, 6) is 0.882. The third-order valence-electron chi connectivity index (χ3n) is 3.90. The van der Waals surface area contributed by atoms with E-state index in [0.717, 1.165) is 10.9 Å². The van der Waals surface area contributed by atoms with Crippen molar-refractivity contribution in [2.24, 2.45) is 0 Å². The average Bonchev–Trinajstić information content (AvgIpc) is 3.14. The van der Waals surface area contributed by atoms with Crippen molar-refractivity contribution < 1.29 is 13.3 Å². The molecule has 7 heteroatoms. The first-order chi connectivity index (χ1) is 12.1. The van der Waals surface area contributed by atoms with Gasteiger partial charge in [-0.05, 0) is 31.9 Å². The number of nitrogens with one attached hydrogen (secondary N) is 1. The fourth-order valence-corrected chi connectivity index (χ4v) is 6.28.